The molecule has 66 valence electrons. The van der Waals surface area contributed by atoms with Gasteiger partial charge in [-0.15, -0.1) is 0 Å². The van der Waals surface area contributed by atoms with Crippen LogP contribution in [-0.4, -0.2) is 22.0 Å². The lowest BCUT2D eigenvalue weighted by molar-refractivity contribution is 0.376. The molecule has 0 radical (unpaired) electrons. The molecule has 5 heteroatoms. The maximum absolute atomic E-state index is 10.4. The average Bonchev–Trinajstić information content (AvgIpc) is 1.53. The van der Waals surface area contributed by atoms with Crippen molar-refractivity contribution < 1.29 is 14.4 Å². The summed E-state index contributed by atoms with van der Waals surface area (Å²) in [4.78, 5) is 17.1. The van der Waals surface area contributed by atoms with E-state index in [1.165, 1.54) is 0 Å². The van der Waals surface area contributed by atoms with E-state index >= 15 is 0 Å². The Bertz CT molecular complexity index is 194. The smallest absolute Gasteiger partial charge is 0.325 e. The van der Waals surface area contributed by atoms with Crippen molar-refractivity contribution in [2.45, 2.75) is 19.9 Å². The molecule has 0 aliphatic carbocycles. The zero-order chi connectivity index (χ0) is 9.07. The zero-order valence-corrected chi connectivity index (χ0v) is 7.58. The molecule has 0 saturated carbocycles. The molecule has 1 unspecified atom stereocenters. The number of rotatable bonds is 3. The maximum atomic E-state index is 10.4. The van der Waals surface area contributed by atoms with Crippen molar-refractivity contribution in [3.8, 4) is 0 Å². The zero-order valence-electron chi connectivity index (χ0n) is 6.69. The van der Waals surface area contributed by atoms with E-state index < -0.39 is 7.60 Å². The second-order valence-electron chi connectivity index (χ2n) is 2.69. The van der Waals surface area contributed by atoms with Crippen LogP contribution >= 0.6 is 7.60 Å². The van der Waals surface area contributed by atoms with Crippen molar-refractivity contribution in [3.63, 3.8) is 0 Å². The fourth-order valence-corrected chi connectivity index (χ4v) is 1.58. The molecule has 0 bridgehead atoms. The summed E-state index contributed by atoms with van der Waals surface area (Å²) in [6, 6.07) is -0.151. The summed E-state index contributed by atoms with van der Waals surface area (Å²) in [5.41, 5.74) is 6.02. The van der Waals surface area contributed by atoms with E-state index in [0.717, 1.165) is 0 Å². The Balaban J connectivity index is 4.08. The summed E-state index contributed by atoms with van der Waals surface area (Å²) in [6.45, 7) is 3.41. The van der Waals surface area contributed by atoms with Gasteiger partial charge >= 0.3 is 7.60 Å². The normalized spacial score (nSPS) is 16.6. The second kappa shape index (κ2) is 4.02. The first-order valence-corrected chi connectivity index (χ1v) is 5.08. The van der Waals surface area contributed by atoms with E-state index in [9.17, 15) is 4.57 Å². The van der Waals surface area contributed by atoms with Crippen LogP contribution < -0.4 is 5.73 Å². The fraction of sp³-hybridized carbons (Fsp3) is 0.667. The minimum absolute atomic E-state index is 0.151. The standard InChI is InChI=1S/C6H14NO3P/c1-5(3-6(2)7)4-11(8,9)10/h3,6H,4,7H2,1-2H3,(H2,8,9,10)/b5-3+. The van der Waals surface area contributed by atoms with Crippen LogP contribution in [0.1, 0.15) is 13.8 Å². The SMILES string of the molecule is C/C(=C\C(C)N)CP(=O)(O)O. The van der Waals surface area contributed by atoms with Gasteiger partial charge in [-0.05, 0) is 13.8 Å². The third-order valence-electron chi connectivity index (χ3n) is 1.00. The lowest BCUT2D eigenvalue weighted by Gasteiger charge is -2.04. The number of hydrogen-bond donors (Lipinski definition) is 3. The third-order valence-corrected chi connectivity index (χ3v) is 1.91. The molecule has 4 N–H and O–H groups in total. The number of hydrogen-bond acceptors (Lipinski definition) is 2. The monoisotopic (exact) mass is 179 g/mol. The van der Waals surface area contributed by atoms with Gasteiger partial charge in [-0.2, -0.15) is 0 Å². The van der Waals surface area contributed by atoms with Gasteiger partial charge in [-0.1, -0.05) is 11.6 Å². The molecule has 0 aromatic heterocycles. The lowest BCUT2D eigenvalue weighted by atomic mass is 10.2. The van der Waals surface area contributed by atoms with Crippen LogP contribution in [0.4, 0.5) is 0 Å². The molecule has 0 spiro atoms. The molecule has 0 aliphatic rings. The van der Waals surface area contributed by atoms with Crippen LogP contribution in [0.15, 0.2) is 11.6 Å². The third kappa shape index (κ3) is 7.75. The first kappa shape index (κ1) is 10.8. The molecule has 0 aliphatic heterocycles. The molecule has 4 nitrogen and oxygen atoms in total. The Morgan fingerprint density at radius 2 is 2.18 bits per heavy atom. The fourth-order valence-electron chi connectivity index (χ4n) is 0.826. The summed E-state index contributed by atoms with van der Waals surface area (Å²) in [7, 11) is -3.90. The summed E-state index contributed by atoms with van der Waals surface area (Å²) in [5.74, 6) is 0. The van der Waals surface area contributed by atoms with Gasteiger partial charge in [-0.25, -0.2) is 0 Å². The highest BCUT2D eigenvalue weighted by molar-refractivity contribution is 7.52. The molecule has 0 fully saturated rings. The van der Waals surface area contributed by atoms with E-state index in [0.29, 0.717) is 5.57 Å². The number of nitrogens with two attached hydrogens (primary N) is 1. The summed E-state index contributed by atoms with van der Waals surface area (Å²) in [5, 5.41) is 0. The predicted octanol–water partition coefficient (Wildman–Crippen LogP) is 0.458. The van der Waals surface area contributed by atoms with Gasteiger partial charge in [0.1, 0.15) is 0 Å². The molecular formula is C6H14NO3P. The van der Waals surface area contributed by atoms with Gasteiger partial charge in [0.05, 0.1) is 6.16 Å². The Morgan fingerprint density at radius 3 is 2.45 bits per heavy atom. The largest absolute Gasteiger partial charge is 0.329 e. The van der Waals surface area contributed by atoms with Crippen molar-refractivity contribution in [1.82, 2.24) is 0 Å². The minimum atomic E-state index is -3.90. The second-order valence-corrected chi connectivity index (χ2v) is 4.34. The van der Waals surface area contributed by atoms with Crippen molar-refractivity contribution in [1.29, 1.82) is 0 Å². The van der Waals surface area contributed by atoms with E-state index in [4.69, 9.17) is 15.5 Å². The van der Waals surface area contributed by atoms with Crippen molar-refractivity contribution in [3.05, 3.63) is 11.6 Å². The Labute approximate surface area is 66.3 Å². The van der Waals surface area contributed by atoms with Gasteiger partial charge in [0.15, 0.2) is 0 Å². The Kier molecular flexibility index (Phi) is 3.97. The van der Waals surface area contributed by atoms with Crippen LogP contribution in [0.3, 0.4) is 0 Å². The topological polar surface area (TPSA) is 83.6 Å². The van der Waals surface area contributed by atoms with Crippen molar-refractivity contribution in [2.24, 2.45) is 5.73 Å². The van der Waals surface area contributed by atoms with Crippen molar-refractivity contribution in [2.75, 3.05) is 6.16 Å². The number of allylic oxidation sites excluding steroid dienone is 1. The molecule has 11 heavy (non-hydrogen) atoms. The van der Waals surface area contributed by atoms with Crippen LogP contribution in [0.25, 0.3) is 0 Å². The van der Waals surface area contributed by atoms with E-state index in [1.807, 2.05) is 0 Å². The summed E-state index contributed by atoms with van der Waals surface area (Å²) < 4.78 is 10.4. The van der Waals surface area contributed by atoms with Gasteiger partial charge in [0, 0.05) is 6.04 Å². The molecule has 0 heterocycles. The first-order valence-electron chi connectivity index (χ1n) is 3.29. The van der Waals surface area contributed by atoms with Crippen LogP contribution in [0.5, 0.6) is 0 Å². The molecule has 0 saturated heterocycles. The predicted molar refractivity (Wildman–Crippen MR) is 44.3 cm³/mol. The van der Waals surface area contributed by atoms with Crippen molar-refractivity contribution >= 4 is 7.60 Å². The van der Waals surface area contributed by atoms with Gasteiger partial charge in [-0.3, -0.25) is 4.57 Å². The highest BCUT2D eigenvalue weighted by Crippen LogP contribution is 2.36. The van der Waals surface area contributed by atoms with Gasteiger partial charge in [0.25, 0.3) is 0 Å². The van der Waals surface area contributed by atoms with Crippen LogP contribution in [-0.2, 0) is 4.57 Å². The average molecular weight is 179 g/mol. The Morgan fingerprint density at radius 1 is 1.73 bits per heavy atom. The van der Waals surface area contributed by atoms with Crippen LogP contribution in [0.2, 0.25) is 0 Å². The van der Waals surface area contributed by atoms with E-state index in [-0.39, 0.29) is 12.2 Å². The Hall–Kier alpha value is -0.150. The van der Waals surface area contributed by atoms with Crippen LogP contribution in [0, 0.1) is 0 Å². The minimum Gasteiger partial charge on any atom is -0.325 e. The van der Waals surface area contributed by atoms with Gasteiger partial charge in [0.2, 0.25) is 0 Å². The molecule has 0 amide bonds. The highest BCUT2D eigenvalue weighted by atomic mass is 31.2. The molecule has 0 rings (SSSR count). The van der Waals surface area contributed by atoms with Gasteiger partial charge < -0.3 is 15.5 Å². The summed E-state index contributed by atoms with van der Waals surface area (Å²) in [6.07, 6.45) is 1.44. The van der Waals surface area contributed by atoms with E-state index in [2.05, 4.69) is 0 Å². The maximum Gasteiger partial charge on any atom is 0.329 e. The molecular weight excluding hydrogens is 165 g/mol. The highest BCUT2D eigenvalue weighted by Gasteiger charge is 2.12. The quantitative estimate of drug-likeness (QED) is 0.434. The first-order chi connectivity index (χ1) is 4.81. The molecule has 0 aromatic rings. The molecule has 0 aromatic carbocycles. The lowest BCUT2D eigenvalue weighted by Crippen LogP contribution is -2.11. The molecule has 1 atom stereocenters. The summed E-state index contributed by atoms with van der Waals surface area (Å²) >= 11 is 0. The van der Waals surface area contributed by atoms with E-state index in [1.54, 1.807) is 19.9 Å².